The lowest BCUT2D eigenvalue weighted by molar-refractivity contribution is -0.131. The highest BCUT2D eigenvalue weighted by Gasteiger charge is 2.35. The zero-order chi connectivity index (χ0) is 22.8. The second kappa shape index (κ2) is 9.41. The summed E-state index contributed by atoms with van der Waals surface area (Å²) in [6, 6.07) is 4.98. The number of carbonyl (C=O) groups excluding carboxylic acids is 2. The Morgan fingerprint density at radius 1 is 1.19 bits per heavy atom. The topological polar surface area (TPSA) is 95.6 Å². The highest BCUT2D eigenvalue weighted by Crippen LogP contribution is 2.28. The molecule has 1 fully saturated rings. The minimum atomic E-state index is -3.72. The maximum atomic E-state index is 13.7. The molecule has 2 aromatic rings. The van der Waals surface area contributed by atoms with Gasteiger partial charge >= 0.3 is 0 Å². The Bertz CT molecular complexity index is 1090. The smallest absolute Gasteiger partial charge is 0.252 e. The van der Waals surface area contributed by atoms with Crippen LogP contribution in [0.15, 0.2) is 34.5 Å². The highest BCUT2D eigenvalue weighted by molar-refractivity contribution is 7.91. The van der Waals surface area contributed by atoms with E-state index >= 15 is 0 Å². The lowest BCUT2D eigenvalue weighted by Gasteiger charge is -2.31. The first-order valence-electron chi connectivity index (χ1n) is 9.67. The van der Waals surface area contributed by atoms with Gasteiger partial charge in [0.2, 0.25) is 11.8 Å². The SMILES string of the molecule is CNC(=O)C(NC(=O)C1CCCN(S(=O)(=O)c2ccc(C)s2)C1)c1ccc(F)c(F)c1. The van der Waals surface area contributed by atoms with Crippen LogP contribution in [0.1, 0.15) is 29.3 Å². The molecule has 11 heteroatoms. The molecule has 2 unspecified atom stereocenters. The van der Waals surface area contributed by atoms with E-state index in [1.54, 1.807) is 12.1 Å². The van der Waals surface area contributed by atoms with Crippen molar-refractivity contribution in [1.82, 2.24) is 14.9 Å². The van der Waals surface area contributed by atoms with E-state index in [-0.39, 0.29) is 16.3 Å². The van der Waals surface area contributed by atoms with Crippen LogP contribution in [0.2, 0.25) is 0 Å². The Kier molecular flexibility index (Phi) is 7.07. The first kappa shape index (κ1) is 23.3. The van der Waals surface area contributed by atoms with Gasteiger partial charge in [-0.2, -0.15) is 4.31 Å². The van der Waals surface area contributed by atoms with Crippen molar-refractivity contribution >= 4 is 33.2 Å². The summed E-state index contributed by atoms with van der Waals surface area (Å²) in [6.07, 6.45) is 0.928. The van der Waals surface area contributed by atoms with Crippen molar-refractivity contribution in [2.24, 2.45) is 5.92 Å². The molecule has 1 aliphatic rings. The molecule has 31 heavy (non-hydrogen) atoms. The van der Waals surface area contributed by atoms with E-state index in [4.69, 9.17) is 0 Å². The van der Waals surface area contributed by atoms with Crippen molar-refractivity contribution in [2.75, 3.05) is 20.1 Å². The average molecular weight is 472 g/mol. The lowest BCUT2D eigenvalue weighted by atomic mass is 9.97. The Hall–Kier alpha value is -2.37. The van der Waals surface area contributed by atoms with Crippen LogP contribution in [-0.2, 0) is 19.6 Å². The maximum Gasteiger partial charge on any atom is 0.252 e. The summed E-state index contributed by atoms with van der Waals surface area (Å²) < 4.78 is 54.2. The third kappa shape index (κ3) is 5.10. The molecule has 1 aliphatic heterocycles. The minimum Gasteiger partial charge on any atom is -0.357 e. The molecular formula is C20H23F2N3O4S2. The number of piperidine rings is 1. The average Bonchev–Trinajstić information content (AvgIpc) is 3.20. The van der Waals surface area contributed by atoms with E-state index < -0.39 is 45.4 Å². The molecule has 0 bridgehead atoms. The molecule has 7 nitrogen and oxygen atoms in total. The number of likely N-dealkylation sites (N-methyl/N-ethyl adjacent to an activating group) is 1. The molecule has 0 spiro atoms. The number of hydrogen-bond donors (Lipinski definition) is 2. The third-order valence-corrected chi connectivity index (χ3v) is 8.47. The van der Waals surface area contributed by atoms with Crippen molar-refractivity contribution in [3.63, 3.8) is 0 Å². The number of benzene rings is 1. The van der Waals surface area contributed by atoms with Crippen molar-refractivity contribution < 1.29 is 26.8 Å². The molecule has 2 N–H and O–H groups in total. The van der Waals surface area contributed by atoms with E-state index in [0.29, 0.717) is 19.4 Å². The molecule has 0 radical (unpaired) electrons. The monoisotopic (exact) mass is 471 g/mol. The summed E-state index contributed by atoms with van der Waals surface area (Å²) in [5, 5.41) is 4.95. The first-order chi connectivity index (χ1) is 14.6. The Labute approximate surface area is 183 Å². The Balaban J connectivity index is 1.77. The quantitative estimate of drug-likeness (QED) is 0.676. The van der Waals surface area contributed by atoms with Crippen LogP contribution in [0, 0.1) is 24.5 Å². The van der Waals surface area contributed by atoms with Crippen molar-refractivity contribution in [2.45, 2.75) is 30.0 Å². The van der Waals surface area contributed by atoms with Crippen LogP contribution in [-0.4, -0.2) is 44.7 Å². The van der Waals surface area contributed by atoms with Gasteiger partial charge in [-0.25, -0.2) is 17.2 Å². The number of carbonyl (C=O) groups is 2. The molecule has 1 saturated heterocycles. The normalized spacial score (nSPS) is 18.4. The van der Waals surface area contributed by atoms with Crippen LogP contribution >= 0.6 is 11.3 Å². The van der Waals surface area contributed by atoms with Gasteiger partial charge < -0.3 is 10.6 Å². The fourth-order valence-electron chi connectivity index (χ4n) is 3.45. The predicted molar refractivity (Wildman–Crippen MR) is 112 cm³/mol. The number of rotatable bonds is 6. The van der Waals surface area contributed by atoms with Gasteiger partial charge in [-0.1, -0.05) is 6.07 Å². The molecule has 2 amide bonds. The summed E-state index contributed by atoms with van der Waals surface area (Å²) in [7, 11) is -2.36. The van der Waals surface area contributed by atoms with Gasteiger partial charge in [0.05, 0.1) is 5.92 Å². The number of nitrogens with zero attached hydrogens (tertiary/aromatic N) is 1. The summed E-state index contributed by atoms with van der Waals surface area (Å²) in [5.74, 6) is -4.01. The number of halogens is 2. The van der Waals surface area contributed by atoms with Crippen LogP contribution in [0.25, 0.3) is 0 Å². The molecular weight excluding hydrogens is 448 g/mol. The highest BCUT2D eigenvalue weighted by atomic mass is 32.2. The van der Waals surface area contributed by atoms with Crippen LogP contribution in [0.5, 0.6) is 0 Å². The molecule has 2 heterocycles. The van der Waals surface area contributed by atoms with Gasteiger partial charge in [0.15, 0.2) is 11.6 Å². The van der Waals surface area contributed by atoms with E-state index in [9.17, 15) is 26.8 Å². The summed E-state index contributed by atoms with van der Waals surface area (Å²) in [4.78, 5) is 26.0. The Morgan fingerprint density at radius 2 is 1.94 bits per heavy atom. The number of nitrogens with one attached hydrogen (secondary N) is 2. The third-order valence-electron chi connectivity index (χ3n) is 5.14. The zero-order valence-corrected chi connectivity index (χ0v) is 18.7. The lowest BCUT2D eigenvalue weighted by Crippen LogP contribution is -2.47. The largest absolute Gasteiger partial charge is 0.357 e. The number of aryl methyl sites for hydroxylation is 1. The fourth-order valence-corrected chi connectivity index (χ4v) is 6.41. The maximum absolute atomic E-state index is 13.7. The fraction of sp³-hybridized carbons (Fsp3) is 0.400. The van der Waals surface area contributed by atoms with Crippen molar-refractivity contribution in [1.29, 1.82) is 0 Å². The first-order valence-corrected chi connectivity index (χ1v) is 11.9. The van der Waals surface area contributed by atoms with E-state index in [1.807, 2.05) is 6.92 Å². The molecule has 1 aromatic heterocycles. The Morgan fingerprint density at radius 3 is 2.55 bits per heavy atom. The van der Waals surface area contributed by atoms with Crippen LogP contribution in [0.4, 0.5) is 8.78 Å². The second-order valence-electron chi connectivity index (χ2n) is 7.30. The zero-order valence-electron chi connectivity index (χ0n) is 17.0. The van der Waals surface area contributed by atoms with Gasteiger partial charge in [-0.3, -0.25) is 9.59 Å². The number of amides is 2. The predicted octanol–water partition coefficient (Wildman–Crippen LogP) is 2.34. The van der Waals surface area contributed by atoms with Crippen molar-refractivity contribution in [3.05, 3.63) is 52.4 Å². The molecule has 1 aromatic carbocycles. The molecule has 2 atom stereocenters. The molecule has 3 rings (SSSR count). The van der Waals surface area contributed by atoms with Crippen LogP contribution < -0.4 is 10.6 Å². The van der Waals surface area contributed by atoms with Gasteiger partial charge in [-0.05, 0) is 49.6 Å². The minimum absolute atomic E-state index is 0.0244. The molecule has 0 saturated carbocycles. The summed E-state index contributed by atoms with van der Waals surface area (Å²) in [5.41, 5.74) is 0.0842. The van der Waals surface area contributed by atoms with E-state index in [0.717, 1.165) is 17.0 Å². The van der Waals surface area contributed by atoms with Gasteiger partial charge in [0.1, 0.15) is 10.3 Å². The van der Waals surface area contributed by atoms with Crippen LogP contribution in [0.3, 0.4) is 0 Å². The van der Waals surface area contributed by atoms with E-state index in [1.165, 1.54) is 28.8 Å². The molecule has 0 aliphatic carbocycles. The van der Waals surface area contributed by atoms with Gasteiger partial charge in [0, 0.05) is 25.0 Å². The summed E-state index contributed by atoms with van der Waals surface area (Å²) >= 11 is 1.17. The standard InChI is InChI=1S/C20H23F2N3O4S2/c1-12-5-8-17(30-12)31(28,29)25-9-3-4-14(11-25)19(26)24-18(20(27)23-2)13-6-7-15(21)16(22)10-13/h5-8,10,14,18H,3-4,9,11H2,1-2H3,(H,23,27)(H,24,26). The number of thiophene rings is 1. The number of sulfonamides is 1. The van der Waals surface area contributed by atoms with Gasteiger partial charge in [-0.15, -0.1) is 11.3 Å². The number of hydrogen-bond acceptors (Lipinski definition) is 5. The van der Waals surface area contributed by atoms with Crippen molar-refractivity contribution in [3.8, 4) is 0 Å². The van der Waals surface area contributed by atoms with E-state index in [2.05, 4.69) is 10.6 Å². The summed E-state index contributed by atoms with van der Waals surface area (Å²) in [6.45, 7) is 2.09. The molecule has 168 valence electrons. The van der Waals surface area contributed by atoms with Gasteiger partial charge in [0.25, 0.3) is 10.0 Å². The second-order valence-corrected chi connectivity index (χ2v) is 10.7.